The predicted octanol–water partition coefficient (Wildman–Crippen LogP) is 2.88. The van der Waals surface area contributed by atoms with Gasteiger partial charge in [-0.1, -0.05) is 42.5 Å². The number of fused-ring (bicyclic) bond motifs is 1. The van der Waals surface area contributed by atoms with Crippen molar-refractivity contribution in [2.24, 2.45) is 5.73 Å². The molecular formula is C17H19FN2. The first kappa shape index (κ1) is 13.3. The van der Waals surface area contributed by atoms with Crippen molar-refractivity contribution in [2.75, 3.05) is 13.1 Å². The van der Waals surface area contributed by atoms with Crippen LogP contribution in [0.3, 0.4) is 0 Å². The lowest BCUT2D eigenvalue weighted by atomic mass is 9.92. The molecule has 0 radical (unpaired) electrons. The van der Waals surface area contributed by atoms with Gasteiger partial charge in [0.15, 0.2) is 0 Å². The van der Waals surface area contributed by atoms with Gasteiger partial charge in [0.05, 0.1) is 0 Å². The average molecular weight is 270 g/mol. The van der Waals surface area contributed by atoms with Crippen molar-refractivity contribution in [1.29, 1.82) is 0 Å². The number of rotatable bonds is 3. The highest BCUT2D eigenvalue weighted by Crippen LogP contribution is 2.30. The summed E-state index contributed by atoms with van der Waals surface area (Å²) in [4.78, 5) is 2.28. The van der Waals surface area contributed by atoms with Crippen molar-refractivity contribution < 1.29 is 4.39 Å². The lowest BCUT2D eigenvalue weighted by Crippen LogP contribution is -2.39. The van der Waals surface area contributed by atoms with Crippen molar-refractivity contribution in [3.8, 4) is 0 Å². The summed E-state index contributed by atoms with van der Waals surface area (Å²) in [5.41, 5.74) is 9.36. The lowest BCUT2D eigenvalue weighted by Gasteiger charge is -2.36. The molecule has 1 unspecified atom stereocenters. The smallest absolute Gasteiger partial charge is 0.127 e. The largest absolute Gasteiger partial charge is 0.329 e. The van der Waals surface area contributed by atoms with Crippen molar-refractivity contribution in [3.63, 3.8) is 0 Å². The molecule has 1 atom stereocenters. The number of halogens is 1. The molecule has 0 amide bonds. The standard InChI is InChI=1S/C17H19FN2/c18-16-8-4-2-6-14(16)12-20-10-9-13-5-1-3-7-15(13)17(20)11-19/h1-8,17H,9-12,19H2. The molecule has 1 aliphatic heterocycles. The Labute approximate surface area is 119 Å². The molecular weight excluding hydrogens is 251 g/mol. The summed E-state index contributed by atoms with van der Waals surface area (Å²) in [6.45, 7) is 2.10. The fraction of sp³-hybridized carbons (Fsp3) is 0.294. The molecule has 0 fully saturated rings. The second-order valence-corrected chi connectivity index (χ2v) is 5.26. The molecule has 0 saturated heterocycles. The molecule has 2 nitrogen and oxygen atoms in total. The van der Waals surface area contributed by atoms with Crippen LogP contribution in [0, 0.1) is 5.82 Å². The van der Waals surface area contributed by atoms with Crippen molar-refractivity contribution in [1.82, 2.24) is 4.90 Å². The number of nitrogens with two attached hydrogens (primary N) is 1. The Bertz CT molecular complexity index is 597. The Morgan fingerprint density at radius 3 is 2.65 bits per heavy atom. The first-order valence-electron chi connectivity index (χ1n) is 7.05. The Hall–Kier alpha value is -1.71. The van der Waals surface area contributed by atoms with Gasteiger partial charge in [0, 0.05) is 31.2 Å². The summed E-state index contributed by atoms with van der Waals surface area (Å²) in [6, 6.07) is 15.6. The van der Waals surface area contributed by atoms with Gasteiger partial charge in [-0.15, -0.1) is 0 Å². The Balaban J connectivity index is 1.87. The van der Waals surface area contributed by atoms with Gasteiger partial charge in [-0.05, 0) is 23.6 Å². The molecule has 0 saturated carbocycles. The minimum absolute atomic E-state index is 0.137. The normalized spacial score (nSPS) is 18.8. The summed E-state index contributed by atoms with van der Waals surface area (Å²) in [5.74, 6) is -0.137. The third-order valence-electron chi connectivity index (χ3n) is 4.08. The van der Waals surface area contributed by atoms with E-state index in [1.54, 1.807) is 6.07 Å². The summed E-state index contributed by atoms with van der Waals surface area (Å²) < 4.78 is 13.8. The van der Waals surface area contributed by atoms with E-state index in [9.17, 15) is 4.39 Å². The minimum Gasteiger partial charge on any atom is -0.329 e. The number of benzene rings is 2. The van der Waals surface area contributed by atoms with Crippen molar-refractivity contribution in [2.45, 2.75) is 19.0 Å². The van der Waals surface area contributed by atoms with Crippen LogP contribution in [-0.2, 0) is 13.0 Å². The van der Waals surface area contributed by atoms with Crippen LogP contribution in [0.5, 0.6) is 0 Å². The van der Waals surface area contributed by atoms with Gasteiger partial charge in [0.2, 0.25) is 0 Å². The number of hydrogen-bond donors (Lipinski definition) is 1. The van der Waals surface area contributed by atoms with Crippen LogP contribution in [0.2, 0.25) is 0 Å². The Morgan fingerprint density at radius 1 is 1.10 bits per heavy atom. The van der Waals surface area contributed by atoms with Gasteiger partial charge in [-0.25, -0.2) is 4.39 Å². The van der Waals surface area contributed by atoms with Gasteiger partial charge in [-0.2, -0.15) is 0 Å². The molecule has 104 valence electrons. The highest BCUT2D eigenvalue weighted by molar-refractivity contribution is 5.33. The van der Waals surface area contributed by atoms with E-state index in [0.29, 0.717) is 13.1 Å². The second-order valence-electron chi connectivity index (χ2n) is 5.26. The summed E-state index contributed by atoms with van der Waals surface area (Å²) in [6.07, 6.45) is 1.00. The van der Waals surface area contributed by atoms with Crippen LogP contribution < -0.4 is 5.73 Å². The lowest BCUT2D eigenvalue weighted by molar-refractivity contribution is 0.178. The molecule has 2 aromatic rings. The molecule has 0 aliphatic carbocycles. The van der Waals surface area contributed by atoms with E-state index in [1.165, 1.54) is 17.2 Å². The molecule has 2 N–H and O–H groups in total. The summed E-state index contributed by atoms with van der Waals surface area (Å²) >= 11 is 0. The molecule has 3 heteroatoms. The third-order valence-corrected chi connectivity index (χ3v) is 4.08. The Kier molecular flexibility index (Phi) is 3.81. The SMILES string of the molecule is NCC1c2ccccc2CCN1Cc1ccccc1F. The van der Waals surface area contributed by atoms with Crippen LogP contribution >= 0.6 is 0 Å². The quantitative estimate of drug-likeness (QED) is 0.929. The van der Waals surface area contributed by atoms with Crippen LogP contribution in [0.25, 0.3) is 0 Å². The Morgan fingerprint density at radius 2 is 1.85 bits per heavy atom. The van der Waals surface area contributed by atoms with E-state index in [4.69, 9.17) is 5.73 Å². The van der Waals surface area contributed by atoms with Crippen molar-refractivity contribution in [3.05, 3.63) is 71.0 Å². The monoisotopic (exact) mass is 270 g/mol. The fourth-order valence-corrected chi connectivity index (χ4v) is 3.01. The van der Waals surface area contributed by atoms with Crippen LogP contribution in [0.4, 0.5) is 4.39 Å². The molecule has 2 aromatic carbocycles. The first-order chi connectivity index (χ1) is 9.79. The van der Waals surface area contributed by atoms with Crippen LogP contribution in [0.15, 0.2) is 48.5 Å². The van der Waals surface area contributed by atoms with Gasteiger partial charge >= 0.3 is 0 Å². The topological polar surface area (TPSA) is 29.3 Å². The minimum atomic E-state index is -0.137. The molecule has 1 aliphatic rings. The zero-order valence-corrected chi connectivity index (χ0v) is 11.4. The van der Waals surface area contributed by atoms with E-state index in [-0.39, 0.29) is 11.9 Å². The van der Waals surface area contributed by atoms with Crippen LogP contribution in [-0.4, -0.2) is 18.0 Å². The van der Waals surface area contributed by atoms with Gasteiger partial charge in [-0.3, -0.25) is 4.90 Å². The molecule has 3 rings (SSSR count). The maximum absolute atomic E-state index is 13.8. The zero-order valence-electron chi connectivity index (χ0n) is 11.4. The third kappa shape index (κ3) is 2.47. The van der Waals surface area contributed by atoms with Crippen LogP contribution in [0.1, 0.15) is 22.7 Å². The van der Waals surface area contributed by atoms with Gasteiger partial charge in [0.1, 0.15) is 5.82 Å². The fourth-order valence-electron chi connectivity index (χ4n) is 3.01. The summed E-state index contributed by atoms with van der Waals surface area (Å²) in [5, 5.41) is 0. The highest BCUT2D eigenvalue weighted by atomic mass is 19.1. The van der Waals surface area contributed by atoms with E-state index < -0.39 is 0 Å². The second kappa shape index (κ2) is 5.73. The first-order valence-corrected chi connectivity index (χ1v) is 7.05. The van der Waals surface area contributed by atoms with Gasteiger partial charge in [0.25, 0.3) is 0 Å². The maximum atomic E-state index is 13.8. The van der Waals surface area contributed by atoms with E-state index >= 15 is 0 Å². The maximum Gasteiger partial charge on any atom is 0.127 e. The molecule has 1 heterocycles. The molecule has 20 heavy (non-hydrogen) atoms. The average Bonchev–Trinajstić information content (AvgIpc) is 2.49. The highest BCUT2D eigenvalue weighted by Gasteiger charge is 2.26. The number of hydrogen-bond acceptors (Lipinski definition) is 2. The van der Waals surface area contributed by atoms with Crippen molar-refractivity contribution >= 4 is 0 Å². The predicted molar refractivity (Wildman–Crippen MR) is 78.8 cm³/mol. The molecule has 0 bridgehead atoms. The van der Waals surface area contributed by atoms with E-state index in [2.05, 4.69) is 23.1 Å². The zero-order chi connectivity index (χ0) is 13.9. The number of nitrogens with zero attached hydrogens (tertiary/aromatic N) is 1. The molecule has 0 spiro atoms. The van der Waals surface area contributed by atoms with E-state index in [0.717, 1.165) is 18.5 Å². The van der Waals surface area contributed by atoms with Gasteiger partial charge < -0.3 is 5.73 Å². The molecule has 0 aromatic heterocycles. The van der Waals surface area contributed by atoms with E-state index in [1.807, 2.05) is 18.2 Å². The summed E-state index contributed by atoms with van der Waals surface area (Å²) in [7, 11) is 0.